The molecule has 112 valence electrons. The lowest BCUT2D eigenvalue weighted by Crippen LogP contribution is -2.59. The molecule has 19 heavy (non-hydrogen) atoms. The van der Waals surface area contributed by atoms with Crippen molar-refractivity contribution in [1.29, 1.82) is 0 Å². The average Bonchev–Trinajstić information content (AvgIpc) is 2.46. The van der Waals surface area contributed by atoms with E-state index < -0.39 is 0 Å². The molecule has 0 bridgehead atoms. The molecular weight excluding hydrogens is 236 g/mol. The molecule has 1 aliphatic heterocycles. The van der Waals surface area contributed by atoms with E-state index in [4.69, 9.17) is 4.74 Å². The molecule has 1 aliphatic carbocycles. The van der Waals surface area contributed by atoms with Crippen molar-refractivity contribution in [1.82, 2.24) is 10.2 Å². The molecule has 0 spiro atoms. The zero-order valence-electron chi connectivity index (χ0n) is 13.2. The van der Waals surface area contributed by atoms with Gasteiger partial charge in [0.1, 0.15) is 0 Å². The average molecular weight is 268 g/mol. The summed E-state index contributed by atoms with van der Waals surface area (Å²) in [6.07, 6.45) is 5.29. The van der Waals surface area contributed by atoms with E-state index in [1.807, 2.05) is 0 Å². The maximum atomic E-state index is 5.68. The lowest BCUT2D eigenvalue weighted by molar-refractivity contribution is -0.0511. The smallest absolute Gasteiger partial charge is 0.0622 e. The van der Waals surface area contributed by atoms with E-state index in [1.165, 1.54) is 25.7 Å². The number of nitrogens with one attached hydrogen (secondary N) is 1. The molecule has 3 heteroatoms. The number of nitrogens with zero attached hydrogens (tertiary/aromatic N) is 1. The van der Waals surface area contributed by atoms with Gasteiger partial charge in [0.15, 0.2) is 0 Å². The van der Waals surface area contributed by atoms with E-state index in [0.29, 0.717) is 18.1 Å². The predicted molar refractivity (Wildman–Crippen MR) is 80.4 cm³/mol. The molecule has 4 unspecified atom stereocenters. The Morgan fingerprint density at radius 1 is 1.32 bits per heavy atom. The van der Waals surface area contributed by atoms with Gasteiger partial charge in [0.25, 0.3) is 0 Å². The molecule has 0 aromatic heterocycles. The quantitative estimate of drug-likeness (QED) is 0.848. The summed E-state index contributed by atoms with van der Waals surface area (Å²) in [5.41, 5.74) is 0. The maximum Gasteiger partial charge on any atom is 0.0622 e. The van der Waals surface area contributed by atoms with Crippen LogP contribution in [0, 0.1) is 11.8 Å². The van der Waals surface area contributed by atoms with Crippen LogP contribution in [0.5, 0.6) is 0 Å². The van der Waals surface area contributed by atoms with Crippen LogP contribution in [-0.4, -0.2) is 49.8 Å². The number of hydrogen-bond acceptors (Lipinski definition) is 3. The van der Waals surface area contributed by atoms with E-state index in [-0.39, 0.29) is 0 Å². The van der Waals surface area contributed by atoms with E-state index in [2.05, 4.69) is 38.0 Å². The molecule has 2 rings (SSSR count). The molecule has 4 atom stereocenters. The van der Waals surface area contributed by atoms with Gasteiger partial charge in [-0.15, -0.1) is 0 Å². The Bertz CT molecular complexity index is 269. The van der Waals surface area contributed by atoms with Gasteiger partial charge in [0, 0.05) is 24.7 Å². The van der Waals surface area contributed by atoms with Gasteiger partial charge < -0.3 is 10.1 Å². The Labute approximate surface area is 119 Å². The third kappa shape index (κ3) is 3.50. The van der Waals surface area contributed by atoms with E-state index >= 15 is 0 Å². The van der Waals surface area contributed by atoms with Crippen LogP contribution in [0.25, 0.3) is 0 Å². The fourth-order valence-electron chi connectivity index (χ4n) is 3.94. The molecule has 0 amide bonds. The highest BCUT2D eigenvalue weighted by molar-refractivity contribution is 4.94. The second kappa shape index (κ2) is 7.05. The number of likely N-dealkylation sites (N-methyl/N-ethyl adjacent to an activating group) is 1. The normalized spacial score (nSPS) is 37.7. The molecule has 1 saturated heterocycles. The van der Waals surface area contributed by atoms with Crippen LogP contribution in [0.1, 0.15) is 46.5 Å². The van der Waals surface area contributed by atoms with E-state index in [0.717, 1.165) is 31.6 Å². The lowest BCUT2D eigenvalue weighted by atomic mass is 9.76. The van der Waals surface area contributed by atoms with Crippen LogP contribution in [0.2, 0.25) is 0 Å². The van der Waals surface area contributed by atoms with Gasteiger partial charge in [-0.1, -0.05) is 20.8 Å². The first kappa shape index (κ1) is 15.3. The molecule has 3 nitrogen and oxygen atoms in total. The number of rotatable bonds is 4. The van der Waals surface area contributed by atoms with Crippen LogP contribution in [0.15, 0.2) is 0 Å². The Hall–Kier alpha value is -0.120. The van der Waals surface area contributed by atoms with Gasteiger partial charge in [-0.25, -0.2) is 0 Å². The van der Waals surface area contributed by atoms with Crippen molar-refractivity contribution in [2.45, 2.75) is 64.6 Å². The maximum absolute atomic E-state index is 5.68. The van der Waals surface area contributed by atoms with Crippen LogP contribution < -0.4 is 5.32 Å². The zero-order chi connectivity index (χ0) is 13.8. The summed E-state index contributed by atoms with van der Waals surface area (Å²) in [6, 6.07) is 2.00. The molecule has 0 aromatic carbocycles. The summed E-state index contributed by atoms with van der Waals surface area (Å²) in [6.45, 7) is 10.0. The number of ether oxygens (including phenoxy) is 1. The van der Waals surface area contributed by atoms with Crippen LogP contribution in [0.3, 0.4) is 0 Å². The van der Waals surface area contributed by atoms with Crippen LogP contribution >= 0.6 is 0 Å². The highest BCUT2D eigenvalue weighted by Crippen LogP contribution is 2.34. The van der Waals surface area contributed by atoms with Crippen molar-refractivity contribution in [3.05, 3.63) is 0 Å². The summed E-state index contributed by atoms with van der Waals surface area (Å²) in [7, 11) is 2.13. The van der Waals surface area contributed by atoms with Crippen molar-refractivity contribution in [3.8, 4) is 0 Å². The highest BCUT2D eigenvalue weighted by atomic mass is 16.5. The zero-order valence-corrected chi connectivity index (χ0v) is 13.2. The standard InChI is InChI=1S/C16H32N2O/c1-5-14-11-19-9-8-18(14)16-10-13(12(2)3)6-7-15(16)17-4/h12-17H,5-11H2,1-4H3. The van der Waals surface area contributed by atoms with Gasteiger partial charge >= 0.3 is 0 Å². The highest BCUT2D eigenvalue weighted by Gasteiger charge is 2.37. The van der Waals surface area contributed by atoms with E-state index in [9.17, 15) is 0 Å². The molecule has 1 N–H and O–H groups in total. The first-order valence-corrected chi connectivity index (χ1v) is 8.18. The number of hydrogen-bond donors (Lipinski definition) is 1. The minimum Gasteiger partial charge on any atom is -0.378 e. The second-order valence-corrected chi connectivity index (χ2v) is 6.65. The SMILES string of the molecule is CCC1COCCN1C1CC(C(C)C)CCC1NC. The Morgan fingerprint density at radius 3 is 2.74 bits per heavy atom. The van der Waals surface area contributed by atoms with Gasteiger partial charge in [-0.05, 0) is 44.6 Å². The van der Waals surface area contributed by atoms with Crippen molar-refractivity contribution in [2.75, 3.05) is 26.8 Å². The first-order valence-electron chi connectivity index (χ1n) is 8.18. The molecular formula is C16H32N2O. The van der Waals surface area contributed by atoms with Crippen molar-refractivity contribution >= 4 is 0 Å². The summed E-state index contributed by atoms with van der Waals surface area (Å²) in [5.74, 6) is 1.72. The summed E-state index contributed by atoms with van der Waals surface area (Å²) < 4.78 is 5.68. The van der Waals surface area contributed by atoms with Gasteiger partial charge in [0.2, 0.25) is 0 Å². The fraction of sp³-hybridized carbons (Fsp3) is 1.00. The largest absolute Gasteiger partial charge is 0.378 e. The van der Waals surface area contributed by atoms with Crippen LogP contribution in [-0.2, 0) is 4.74 Å². The van der Waals surface area contributed by atoms with Gasteiger partial charge in [-0.3, -0.25) is 4.90 Å². The minimum atomic E-state index is 0.625. The van der Waals surface area contributed by atoms with E-state index in [1.54, 1.807) is 0 Å². The molecule has 0 radical (unpaired) electrons. The Kier molecular flexibility index (Phi) is 5.67. The lowest BCUT2D eigenvalue weighted by Gasteiger charge is -2.48. The molecule has 2 fully saturated rings. The fourth-order valence-corrected chi connectivity index (χ4v) is 3.94. The topological polar surface area (TPSA) is 24.5 Å². The summed E-state index contributed by atoms with van der Waals surface area (Å²) in [5, 5.41) is 3.57. The number of morpholine rings is 1. The summed E-state index contributed by atoms with van der Waals surface area (Å²) >= 11 is 0. The monoisotopic (exact) mass is 268 g/mol. The molecule has 1 heterocycles. The molecule has 0 aromatic rings. The predicted octanol–water partition coefficient (Wildman–Crippen LogP) is 2.51. The van der Waals surface area contributed by atoms with Gasteiger partial charge in [-0.2, -0.15) is 0 Å². The van der Waals surface area contributed by atoms with Crippen molar-refractivity contribution in [3.63, 3.8) is 0 Å². The third-order valence-electron chi connectivity index (χ3n) is 5.34. The van der Waals surface area contributed by atoms with Crippen molar-refractivity contribution < 1.29 is 4.74 Å². The third-order valence-corrected chi connectivity index (χ3v) is 5.34. The molecule has 2 aliphatic rings. The Balaban J connectivity index is 2.07. The van der Waals surface area contributed by atoms with Crippen LogP contribution in [0.4, 0.5) is 0 Å². The second-order valence-electron chi connectivity index (χ2n) is 6.65. The molecule has 1 saturated carbocycles. The minimum absolute atomic E-state index is 0.625. The Morgan fingerprint density at radius 2 is 2.11 bits per heavy atom. The summed E-state index contributed by atoms with van der Waals surface area (Å²) in [4.78, 5) is 2.75. The van der Waals surface area contributed by atoms with Crippen molar-refractivity contribution in [2.24, 2.45) is 11.8 Å². The first-order chi connectivity index (χ1) is 9.17. The van der Waals surface area contributed by atoms with Gasteiger partial charge in [0.05, 0.1) is 13.2 Å².